The molecule has 2 aliphatic rings. The molecule has 2 unspecified atom stereocenters. The summed E-state index contributed by atoms with van der Waals surface area (Å²) in [5, 5.41) is 0. The van der Waals surface area contributed by atoms with Gasteiger partial charge in [-0.2, -0.15) is 0 Å². The van der Waals surface area contributed by atoms with Crippen LogP contribution in [0.4, 0.5) is 0 Å². The minimum Gasteiger partial charge on any atom is -0.379 e. The van der Waals surface area contributed by atoms with E-state index in [0.29, 0.717) is 6.10 Å². The lowest BCUT2D eigenvalue weighted by Crippen LogP contribution is -2.38. The molecule has 0 amide bonds. The van der Waals surface area contributed by atoms with Crippen molar-refractivity contribution in [3.63, 3.8) is 0 Å². The molecular weight excluding hydrogens is 128 g/mol. The first-order valence-corrected chi connectivity index (χ1v) is 4.16. The van der Waals surface area contributed by atoms with E-state index in [1.165, 1.54) is 19.3 Å². The molecule has 2 nitrogen and oxygen atoms in total. The molecular formula is C8H14O2. The van der Waals surface area contributed by atoms with E-state index in [-0.39, 0.29) is 0 Å². The highest BCUT2D eigenvalue weighted by Crippen LogP contribution is 2.26. The van der Waals surface area contributed by atoms with Gasteiger partial charge in [0.05, 0.1) is 12.7 Å². The van der Waals surface area contributed by atoms with Gasteiger partial charge in [-0.1, -0.05) is 0 Å². The van der Waals surface area contributed by atoms with E-state index in [1.54, 1.807) is 0 Å². The zero-order valence-electron chi connectivity index (χ0n) is 6.21. The van der Waals surface area contributed by atoms with E-state index in [4.69, 9.17) is 9.47 Å². The fraction of sp³-hybridized carbons (Fsp3) is 1.00. The summed E-state index contributed by atoms with van der Waals surface area (Å²) >= 11 is 0. The molecule has 2 aliphatic heterocycles. The minimum atomic E-state index is 0.433. The van der Waals surface area contributed by atoms with Crippen LogP contribution in [0, 0.1) is 5.92 Å². The van der Waals surface area contributed by atoms with Crippen LogP contribution in [0.2, 0.25) is 0 Å². The monoisotopic (exact) mass is 142 g/mol. The molecule has 2 heteroatoms. The standard InChI is InChI=1S/C8H14O2/c1-2-7-3-5-9-6-8(7)10-4-1/h7-8H,1-6H2. The average Bonchev–Trinajstić information content (AvgIpc) is 2.05. The molecule has 10 heavy (non-hydrogen) atoms. The van der Waals surface area contributed by atoms with Crippen molar-refractivity contribution in [2.24, 2.45) is 5.92 Å². The lowest BCUT2D eigenvalue weighted by Gasteiger charge is -2.35. The summed E-state index contributed by atoms with van der Waals surface area (Å²) in [6.07, 6.45) is 4.25. The van der Waals surface area contributed by atoms with Crippen LogP contribution in [0.15, 0.2) is 0 Å². The Morgan fingerprint density at radius 1 is 1.10 bits per heavy atom. The van der Waals surface area contributed by atoms with Gasteiger partial charge in [0.25, 0.3) is 0 Å². The molecule has 0 aromatic rings. The van der Waals surface area contributed by atoms with Gasteiger partial charge < -0.3 is 9.47 Å². The van der Waals surface area contributed by atoms with Crippen LogP contribution in [-0.4, -0.2) is 25.9 Å². The number of hydrogen-bond acceptors (Lipinski definition) is 2. The second-order valence-corrected chi connectivity index (χ2v) is 3.18. The van der Waals surface area contributed by atoms with Crippen molar-refractivity contribution in [2.75, 3.05) is 19.8 Å². The molecule has 0 aromatic heterocycles. The summed E-state index contributed by atoms with van der Waals surface area (Å²) in [7, 11) is 0. The summed E-state index contributed by atoms with van der Waals surface area (Å²) in [6.45, 7) is 2.74. The van der Waals surface area contributed by atoms with Crippen molar-refractivity contribution in [1.29, 1.82) is 0 Å². The quantitative estimate of drug-likeness (QED) is 0.506. The van der Waals surface area contributed by atoms with Crippen molar-refractivity contribution in [1.82, 2.24) is 0 Å². The lowest BCUT2D eigenvalue weighted by molar-refractivity contribution is -0.108. The highest BCUT2D eigenvalue weighted by Gasteiger charge is 2.28. The van der Waals surface area contributed by atoms with Crippen LogP contribution in [0.3, 0.4) is 0 Å². The topological polar surface area (TPSA) is 18.5 Å². The SMILES string of the molecule is C1COC2COCCC2C1. The Kier molecular flexibility index (Phi) is 1.91. The van der Waals surface area contributed by atoms with Crippen LogP contribution >= 0.6 is 0 Å². The Morgan fingerprint density at radius 2 is 2.10 bits per heavy atom. The summed E-state index contributed by atoms with van der Waals surface area (Å²) in [6, 6.07) is 0. The maximum absolute atomic E-state index is 5.56. The molecule has 2 rings (SSSR count). The van der Waals surface area contributed by atoms with Gasteiger partial charge in [-0.05, 0) is 25.2 Å². The van der Waals surface area contributed by atoms with Gasteiger partial charge in [0, 0.05) is 13.2 Å². The van der Waals surface area contributed by atoms with Crippen molar-refractivity contribution >= 4 is 0 Å². The molecule has 0 saturated carbocycles. The molecule has 0 aromatic carbocycles. The molecule has 58 valence electrons. The van der Waals surface area contributed by atoms with Gasteiger partial charge in [-0.25, -0.2) is 0 Å². The Labute approximate surface area is 61.5 Å². The molecule has 0 radical (unpaired) electrons. The molecule has 2 saturated heterocycles. The zero-order valence-corrected chi connectivity index (χ0v) is 6.21. The minimum absolute atomic E-state index is 0.433. The molecule has 2 fully saturated rings. The second-order valence-electron chi connectivity index (χ2n) is 3.18. The first kappa shape index (κ1) is 6.62. The third-order valence-electron chi connectivity index (χ3n) is 2.49. The van der Waals surface area contributed by atoms with E-state index in [9.17, 15) is 0 Å². The normalized spacial score (nSPS) is 40.8. The largest absolute Gasteiger partial charge is 0.379 e. The van der Waals surface area contributed by atoms with Gasteiger partial charge >= 0.3 is 0 Å². The van der Waals surface area contributed by atoms with Crippen LogP contribution in [0.5, 0.6) is 0 Å². The van der Waals surface area contributed by atoms with Crippen LogP contribution < -0.4 is 0 Å². The number of fused-ring (bicyclic) bond motifs is 1. The van der Waals surface area contributed by atoms with Crippen LogP contribution in [0.25, 0.3) is 0 Å². The maximum Gasteiger partial charge on any atom is 0.0837 e. The number of hydrogen-bond donors (Lipinski definition) is 0. The van der Waals surface area contributed by atoms with E-state index < -0.39 is 0 Å². The predicted molar refractivity (Wildman–Crippen MR) is 37.9 cm³/mol. The first-order valence-electron chi connectivity index (χ1n) is 4.16. The number of ether oxygens (including phenoxy) is 2. The fourth-order valence-electron chi connectivity index (χ4n) is 1.85. The molecule has 2 heterocycles. The molecule has 0 bridgehead atoms. The highest BCUT2D eigenvalue weighted by atomic mass is 16.5. The van der Waals surface area contributed by atoms with Gasteiger partial charge in [0.15, 0.2) is 0 Å². The molecule has 2 atom stereocenters. The lowest BCUT2D eigenvalue weighted by atomic mass is 9.90. The summed E-state index contributed by atoms with van der Waals surface area (Å²) in [5.41, 5.74) is 0. The van der Waals surface area contributed by atoms with E-state index >= 15 is 0 Å². The third-order valence-corrected chi connectivity index (χ3v) is 2.49. The third kappa shape index (κ3) is 1.18. The predicted octanol–water partition coefficient (Wildman–Crippen LogP) is 1.20. The Bertz CT molecular complexity index is 87.8. The maximum atomic E-state index is 5.56. The summed E-state index contributed by atoms with van der Waals surface area (Å²) < 4.78 is 10.9. The number of rotatable bonds is 0. The van der Waals surface area contributed by atoms with E-state index in [2.05, 4.69) is 0 Å². The van der Waals surface area contributed by atoms with Crippen molar-refractivity contribution in [3.8, 4) is 0 Å². The Hall–Kier alpha value is -0.0800. The van der Waals surface area contributed by atoms with Crippen molar-refractivity contribution in [2.45, 2.75) is 25.4 Å². The Morgan fingerprint density at radius 3 is 3.00 bits per heavy atom. The summed E-state index contributed by atoms with van der Waals surface area (Å²) in [5.74, 6) is 0.808. The van der Waals surface area contributed by atoms with Crippen LogP contribution in [0.1, 0.15) is 19.3 Å². The van der Waals surface area contributed by atoms with Crippen molar-refractivity contribution in [3.05, 3.63) is 0 Å². The molecule has 0 N–H and O–H groups in total. The van der Waals surface area contributed by atoms with Gasteiger partial charge in [-0.15, -0.1) is 0 Å². The van der Waals surface area contributed by atoms with Gasteiger partial charge in [-0.3, -0.25) is 0 Å². The van der Waals surface area contributed by atoms with Gasteiger partial charge in [0.2, 0.25) is 0 Å². The average molecular weight is 142 g/mol. The van der Waals surface area contributed by atoms with Crippen molar-refractivity contribution < 1.29 is 9.47 Å². The first-order chi connectivity index (χ1) is 4.97. The zero-order chi connectivity index (χ0) is 6.81. The second kappa shape index (κ2) is 2.89. The van der Waals surface area contributed by atoms with Crippen LogP contribution in [-0.2, 0) is 9.47 Å². The summed E-state index contributed by atoms with van der Waals surface area (Å²) in [4.78, 5) is 0. The highest BCUT2D eigenvalue weighted by molar-refractivity contribution is 4.77. The Balaban J connectivity index is 1.93. The van der Waals surface area contributed by atoms with E-state index in [0.717, 1.165) is 25.7 Å². The van der Waals surface area contributed by atoms with Gasteiger partial charge in [0.1, 0.15) is 0 Å². The molecule has 0 aliphatic carbocycles. The fourth-order valence-corrected chi connectivity index (χ4v) is 1.85. The van der Waals surface area contributed by atoms with E-state index in [1.807, 2.05) is 0 Å². The molecule has 0 spiro atoms. The smallest absolute Gasteiger partial charge is 0.0837 e.